The summed E-state index contributed by atoms with van der Waals surface area (Å²) in [5.41, 5.74) is 1.67. The van der Waals surface area contributed by atoms with Crippen LogP contribution in [0.1, 0.15) is 31.4 Å². The first-order chi connectivity index (χ1) is 11.2. The molecule has 134 valence electrons. The number of anilines is 2. The Hall–Kier alpha value is -1.50. The van der Waals surface area contributed by atoms with Crippen LogP contribution in [-0.2, 0) is 0 Å². The van der Waals surface area contributed by atoms with E-state index in [-0.39, 0.29) is 0 Å². The number of hydrogen-bond donors (Lipinski definition) is 1. The standard InChI is InChI=1S/C17H25F3N4/c1-11-15(6-7-16(21-11)23(2)10-17(18,19)20)22-12-8-13-4-5-14(9-12)24(13)3/h6-7,12-14,22H,4-5,8-10H2,1-3H3. The number of aryl methyl sites for hydroxylation is 1. The van der Waals surface area contributed by atoms with Crippen LogP contribution in [0.2, 0.25) is 0 Å². The van der Waals surface area contributed by atoms with Crippen molar-refractivity contribution in [3.8, 4) is 0 Å². The second-order valence-corrected chi connectivity index (χ2v) is 7.14. The summed E-state index contributed by atoms with van der Waals surface area (Å²) >= 11 is 0. The Morgan fingerprint density at radius 3 is 2.42 bits per heavy atom. The van der Waals surface area contributed by atoms with Gasteiger partial charge in [-0.15, -0.1) is 0 Å². The maximum absolute atomic E-state index is 12.5. The number of halogens is 3. The average Bonchev–Trinajstić information content (AvgIpc) is 2.70. The van der Waals surface area contributed by atoms with Crippen LogP contribution >= 0.6 is 0 Å². The van der Waals surface area contributed by atoms with Crippen LogP contribution in [0.15, 0.2) is 12.1 Å². The SMILES string of the molecule is Cc1nc(N(C)CC(F)(F)F)ccc1NC1CC2CCC(C1)N2C. The lowest BCUT2D eigenvalue weighted by molar-refractivity contribution is -0.119. The van der Waals surface area contributed by atoms with Gasteiger partial charge in [-0.05, 0) is 51.8 Å². The van der Waals surface area contributed by atoms with Crippen LogP contribution in [0.5, 0.6) is 0 Å². The summed E-state index contributed by atoms with van der Waals surface area (Å²) in [6.45, 7) is 0.849. The second kappa shape index (κ2) is 6.43. The summed E-state index contributed by atoms with van der Waals surface area (Å²) in [6.07, 6.45) is 0.522. The highest BCUT2D eigenvalue weighted by molar-refractivity contribution is 5.54. The molecule has 2 saturated heterocycles. The molecule has 3 rings (SSSR count). The first-order valence-corrected chi connectivity index (χ1v) is 8.47. The summed E-state index contributed by atoms with van der Waals surface area (Å²) in [5.74, 6) is 0.346. The molecule has 1 aromatic heterocycles. The first-order valence-electron chi connectivity index (χ1n) is 8.47. The molecule has 0 spiro atoms. The van der Waals surface area contributed by atoms with E-state index in [1.807, 2.05) is 13.0 Å². The van der Waals surface area contributed by atoms with Gasteiger partial charge in [0.15, 0.2) is 0 Å². The lowest BCUT2D eigenvalue weighted by atomic mass is 9.97. The largest absolute Gasteiger partial charge is 0.405 e. The number of pyridine rings is 1. The monoisotopic (exact) mass is 342 g/mol. The van der Waals surface area contributed by atoms with Gasteiger partial charge >= 0.3 is 6.18 Å². The van der Waals surface area contributed by atoms with E-state index in [0.717, 1.165) is 29.1 Å². The molecular formula is C17H25F3N4. The number of aromatic nitrogens is 1. The van der Waals surface area contributed by atoms with Crippen molar-refractivity contribution < 1.29 is 13.2 Å². The van der Waals surface area contributed by atoms with Gasteiger partial charge in [-0.25, -0.2) is 4.98 Å². The molecule has 2 bridgehead atoms. The van der Waals surface area contributed by atoms with Crippen molar-refractivity contribution in [2.45, 2.75) is 56.9 Å². The highest BCUT2D eigenvalue weighted by atomic mass is 19.4. The number of fused-ring (bicyclic) bond motifs is 2. The van der Waals surface area contributed by atoms with Gasteiger partial charge in [-0.3, -0.25) is 0 Å². The zero-order chi connectivity index (χ0) is 17.5. The fourth-order valence-corrected chi connectivity index (χ4v) is 4.01. The van der Waals surface area contributed by atoms with Crippen molar-refractivity contribution in [3.63, 3.8) is 0 Å². The topological polar surface area (TPSA) is 31.4 Å². The predicted octanol–water partition coefficient (Wildman–Crippen LogP) is 3.43. The molecule has 0 saturated carbocycles. The summed E-state index contributed by atoms with van der Waals surface area (Å²) in [6, 6.07) is 5.21. The van der Waals surface area contributed by atoms with E-state index in [1.54, 1.807) is 6.07 Å². The Balaban J connectivity index is 1.65. The molecule has 0 aliphatic carbocycles. The van der Waals surface area contributed by atoms with E-state index in [1.165, 1.54) is 19.9 Å². The summed E-state index contributed by atoms with van der Waals surface area (Å²) in [7, 11) is 3.62. The molecule has 7 heteroatoms. The summed E-state index contributed by atoms with van der Waals surface area (Å²) < 4.78 is 37.5. The van der Waals surface area contributed by atoms with Gasteiger partial charge in [0.1, 0.15) is 12.4 Å². The first kappa shape index (κ1) is 17.3. The van der Waals surface area contributed by atoms with Crippen molar-refractivity contribution in [1.29, 1.82) is 0 Å². The molecule has 1 aromatic rings. The predicted molar refractivity (Wildman–Crippen MR) is 89.5 cm³/mol. The number of hydrogen-bond acceptors (Lipinski definition) is 4. The van der Waals surface area contributed by atoms with Gasteiger partial charge in [-0.1, -0.05) is 0 Å². The Labute approximate surface area is 141 Å². The normalized spacial score (nSPS) is 27.3. The molecular weight excluding hydrogens is 317 g/mol. The molecule has 2 unspecified atom stereocenters. The van der Waals surface area contributed by atoms with Gasteiger partial charge in [0.25, 0.3) is 0 Å². The average molecular weight is 342 g/mol. The van der Waals surface area contributed by atoms with Crippen LogP contribution in [0, 0.1) is 6.92 Å². The quantitative estimate of drug-likeness (QED) is 0.908. The number of alkyl halides is 3. The minimum absolute atomic E-state index is 0.346. The Morgan fingerprint density at radius 1 is 1.25 bits per heavy atom. The molecule has 2 aliphatic rings. The van der Waals surface area contributed by atoms with Crippen LogP contribution in [0.4, 0.5) is 24.7 Å². The summed E-state index contributed by atoms with van der Waals surface area (Å²) in [4.78, 5) is 7.96. The third kappa shape index (κ3) is 3.77. The van der Waals surface area contributed by atoms with E-state index >= 15 is 0 Å². The van der Waals surface area contributed by atoms with Crippen LogP contribution in [-0.4, -0.2) is 54.8 Å². The molecule has 0 amide bonds. The van der Waals surface area contributed by atoms with Gasteiger partial charge in [0, 0.05) is 25.2 Å². The molecule has 2 atom stereocenters. The van der Waals surface area contributed by atoms with Gasteiger partial charge in [0.05, 0.1) is 11.4 Å². The smallest absolute Gasteiger partial charge is 0.381 e. The highest BCUT2D eigenvalue weighted by Crippen LogP contribution is 2.35. The third-order valence-corrected chi connectivity index (χ3v) is 5.34. The Kier molecular flexibility index (Phi) is 4.64. The van der Waals surface area contributed by atoms with E-state index in [2.05, 4.69) is 22.2 Å². The van der Waals surface area contributed by atoms with E-state index in [9.17, 15) is 13.2 Å². The van der Waals surface area contributed by atoms with Gasteiger partial charge in [0.2, 0.25) is 0 Å². The van der Waals surface area contributed by atoms with Crippen LogP contribution in [0.3, 0.4) is 0 Å². The van der Waals surface area contributed by atoms with Gasteiger partial charge < -0.3 is 15.1 Å². The maximum Gasteiger partial charge on any atom is 0.405 e. The molecule has 24 heavy (non-hydrogen) atoms. The van der Waals surface area contributed by atoms with Crippen molar-refractivity contribution in [1.82, 2.24) is 9.88 Å². The van der Waals surface area contributed by atoms with Crippen LogP contribution < -0.4 is 10.2 Å². The lowest BCUT2D eigenvalue weighted by Gasteiger charge is -2.37. The van der Waals surface area contributed by atoms with E-state index < -0.39 is 12.7 Å². The van der Waals surface area contributed by atoms with E-state index in [0.29, 0.717) is 23.9 Å². The number of rotatable bonds is 4. The fourth-order valence-electron chi connectivity index (χ4n) is 4.01. The molecule has 1 N–H and O–H groups in total. The molecule has 0 radical (unpaired) electrons. The highest BCUT2D eigenvalue weighted by Gasteiger charge is 2.38. The lowest BCUT2D eigenvalue weighted by Crippen LogP contribution is -2.44. The molecule has 2 fully saturated rings. The maximum atomic E-state index is 12.5. The second-order valence-electron chi connectivity index (χ2n) is 7.14. The molecule has 4 nitrogen and oxygen atoms in total. The number of nitrogens with one attached hydrogen (secondary N) is 1. The fraction of sp³-hybridized carbons (Fsp3) is 0.706. The van der Waals surface area contributed by atoms with Crippen molar-refractivity contribution in [3.05, 3.63) is 17.8 Å². The number of nitrogens with zero attached hydrogens (tertiary/aromatic N) is 3. The zero-order valence-electron chi connectivity index (χ0n) is 14.4. The minimum atomic E-state index is -4.23. The van der Waals surface area contributed by atoms with Crippen molar-refractivity contribution in [2.24, 2.45) is 0 Å². The zero-order valence-corrected chi connectivity index (χ0v) is 14.4. The molecule has 2 aliphatic heterocycles. The molecule has 0 aromatic carbocycles. The third-order valence-electron chi connectivity index (χ3n) is 5.34. The number of piperidine rings is 1. The van der Waals surface area contributed by atoms with E-state index in [4.69, 9.17) is 0 Å². The molecule has 3 heterocycles. The van der Waals surface area contributed by atoms with Crippen molar-refractivity contribution in [2.75, 3.05) is 30.9 Å². The minimum Gasteiger partial charge on any atom is -0.381 e. The summed E-state index contributed by atoms with van der Waals surface area (Å²) in [5, 5.41) is 3.56. The van der Waals surface area contributed by atoms with Crippen molar-refractivity contribution >= 4 is 11.5 Å². The van der Waals surface area contributed by atoms with Crippen LogP contribution in [0.25, 0.3) is 0 Å². The Morgan fingerprint density at radius 2 is 1.88 bits per heavy atom. The van der Waals surface area contributed by atoms with Gasteiger partial charge in [-0.2, -0.15) is 13.2 Å². The Bertz CT molecular complexity index is 576.